The molecule has 0 heterocycles. The molecule has 1 rings (SSSR count). The van der Waals surface area contributed by atoms with Crippen molar-refractivity contribution in [3.05, 3.63) is 35.4 Å². The second kappa shape index (κ2) is 5.45. The van der Waals surface area contributed by atoms with Crippen LogP contribution in [0.25, 0.3) is 0 Å². The molecule has 0 aromatic heterocycles. The molecule has 2 unspecified atom stereocenters. The van der Waals surface area contributed by atoms with Crippen LogP contribution >= 0.6 is 11.6 Å². The van der Waals surface area contributed by atoms with Crippen molar-refractivity contribution in [2.75, 3.05) is 0 Å². The van der Waals surface area contributed by atoms with Crippen molar-refractivity contribution in [2.45, 2.75) is 32.1 Å². The summed E-state index contributed by atoms with van der Waals surface area (Å²) in [5.74, 6) is -1.39. The van der Waals surface area contributed by atoms with Crippen molar-refractivity contribution >= 4 is 11.6 Å². The van der Waals surface area contributed by atoms with Gasteiger partial charge < -0.3 is 0 Å². The third kappa shape index (κ3) is 3.16. The van der Waals surface area contributed by atoms with E-state index in [1.165, 1.54) is 6.07 Å². The third-order valence-corrected chi connectivity index (χ3v) is 3.19. The fourth-order valence-corrected chi connectivity index (χ4v) is 1.88. The highest BCUT2D eigenvalue weighted by Gasteiger charge is 2.17. The minimum Gasteiger partial charge on any atom is -0.204 e. The number of halogens is 3. The molecule has 0 N–H and O–H groups in total. The summed E-state index contributed by atoms with van der Waals surface area (Å²) < 4.78 is 25.6. The maximum Gasteiger partial charge on any atom is 0.159 e. The highest BCUT2D eigenvalue weighted by Crippen LogP contribution is 2.32. The van der Waals surface area contributed by atoms with E-state index in [1.807, 2.05) is 6.92 Å². The van der Waals surface area contributed by atoms with Crippen LogP contribution in [0.1, 0.15) is 37.6 Å². The van der Waals surface area contributed by atoms with E-state index in [2.05, 4.69) is 6.92 Å². The Morgan fingerprint density at radius 1 is 1.27 bits per heavy atom. The Morgan fingerprint density at radius 3 is 2.47 bits per heavy atom. The second-order valence-corrected chi connectivity index (χ2v) is 4.31. The molecule has 0 aliphatic heterocycles. The smallest absolute Gasteiger partial charge is 0.159 e. The zero-order chi connectivity index (χ0) is 11.4. The van der Waals surface area contributed by atoms with E-state index < -0.39 is 11.6 Å². The summed E-state index contributed by atoms with van der Waals surface area (Å²) in [5.41, 5.74) is 0.650. The molecule has 84 valence electrons. The lowest BCUT2D eigenvalue weighted by Crippen LogP contribution is -2.04. The molecule has 0 spiro atoms. The summed E-state index contributed by atoms with van der Waals surface area (Å²) in [5, 5.41) is -0.250. The topological polar surface area (TPSA) is 0 Å². The normalized spacial score (nSPS) is 15.0. The fraction of sp³-hybridized carbons (Fsp3) is 0.500. The molecule has 0 saturated heterocycles. The molecule has 0 aliphatic rings. The van der Waals surface area contributed by atoms with Gasteiger partial charge in [-0.15, -0.1) is 11.6 Å². The predicted octanol–water partition coefficient (Wildman–Crippen LogP) is 4.68. The monoisotopic (exact) mass is 232 g/mol. The number of hydrogen-bond donors (Lipinski definition) is 0. The van der Waals surface area contributed by atoms with Crippen LogP contribution in [0.5, 0.6) is 0 Å². The van der Waals surface area contributed by atoms with Gasteiger partial charge in [-0.05, 0) is 30.0 Å². The highest BCUT2D eigenvalue weighted by molar-refractivity contribution is 6.20. The van der Waals surface area contributed by atoms with Crippen molar-refractivity contribution in [1.82, 2.24) is 0 Å². The number of alkyl halides is 1. The van der Waals surface area contributed by atoms with Gasteiger partial charge in [0.2, 0.25) is 0 Å². The number of hydrogen-bond acceptors (Lipinski definition) is 0. The maximum absolute atomic E-state index is 13.0. The first kappa shape index (κ1) is 12.4. The summed E-state index contributed by atoms with van der Waals surface area (Å²) in [6, 6.07) is 3.85. The average molecular weight is 233 g/mol. The standard InChI is InChI=1S/C12H15ClF2/c1-3-4-8(2)12(13)9-5-6-10(14)11(15)7-9/h5-8,12H,3-4H2,1-2H3. The Bertz CT molecular complexity index is 325. The van der Waals surface area contributed by atoms with E-state index >= 15 is 0 Å². The predicted molar refractivity (Wildman–Crippen MR) is 59.0 cm³/mol. The zero-order valence-corrected chi connectivity index (χ0v) is 9.69. The summed E-state index contributed by atoms with van der Waals surface area (Å²) in [7, 11) is 0. The van der Waals surface area contributed by atoms with Gasteiger partial charge in [-0.2, -0.15) is 0 Å². The van der Waals surface area contributed by atoms with Crippen LogP contribution in [0.15, 0.2) is 18.2 Å². The van der Waals surface area contributed by atoms with Gasteiger partial charge in [0.05, 0.1) is 5.38 Å². The zero-order valence-electron chi connectivity index (χ0n) is 8.93. The largest absolute Gasteiger partial charge is 0.204 e. The van der Waals surface area contributed by atoms with Crippen LogP contribution < -0.4 is 0 Å². The van der Waals surface area contributed by atoms with Crippen LogP contribution in [0, 0.1) is 17.6 Å². The van der Waals surface area contributed by atoms with Gasteiger partial charge in [-0.3, -0.25) is 0 Å². The maximum atomic E-state index is 13.0. The molecule has 2 atom stereocenters. The lowest BCUT2D eigenvalue weighted by molar-refractivity contribution is 0.490. The van der Waals surface area contributed by atoms with Crippen LogP contribution in [0.4, 0.5) is 8.78 Å². The van der Waals surface area contributed by atoms with Crippen LogP contribution in [-0.4, -0.2) is 0 Å². The summed E-state index contributed by atoms with van der Waals surface area (Å²) in [4.78, 5) is 0. The van der Waals surface area contributed by atoms with E-state index in [9.17, 15) is 8.78 Å². The molecule has 0 nitrogen and oxygen atoms in total. The van der Waals surface area contributed by atoms with Crippen LogP contribution in [0.3, 0.4) is 0 Å². The molecule has 0 radical (unpaired) electrons. The van der Waals surface area contributed by atoms with Gasteiger partial charge in [0.15, 0.2) is 11.6 Å². The van der Waals surface area contributed by atoms with E-state index in [4.69, 9.17) is 11.6 Å². The van der Waals surface area contributed by atoms with E-state index in [-0.39, 0.29) is 11.3 Å². The Morgan fingerprint density at radius 2 is 1.93 bits per heavy atom. The van der Waals surface area contributed by atoms with Crippen molar-refractivity contribution in [3.63, 3.8) is 0 Å². The average Bonchev–Trinajstić information content (AvgIpc) is 2.21. The molecule has 0 aliphatic carbocycles. The molecular formula is C12H15ClF2. The SMILES string of the molecule is CCCC(C)C(Cl)c1ccc(F)c(F)c1. The van der Waals surface area contributed by atoms with Crippen LogP contribution in [-0.2, 0) is 0 Å². The first-order chi connectivity index (χ1) is 7.06. The van der Waals surface area contributed by atoms with Crippen molar-refractivity contribution in [2.24, 2.45) is 5.92 Å². The second-order valence-electron chi connectivity index (χ2n) is 3.84. The molecule has 3 heteroatoms. The van der Waals surface area contributed by atoms with Gasteiger partial charge in [-0.25, -0.2) is 8.78 Å². The lowest BCUT2D eigenvalue weighted by atomic mass is 9.96. The Labute approximate surface area is 94.3 Å². The highest BCUT2D eigenvalue weighted by atomic mass is 35.5. The first-order valence-electron chi connectivity index (χ1n) is 5.15. The fourth-order valence-electron chi connectivity index (χ4n) is 1.61. The Hall–Kier alpha value is -0.630. The molecule has 0 bridgehead atoms. The molecule has 1 aromatic rings. The van der Waals surface area contributed by atoms with E-state index in [1.54, 1.807) is 6.07 Å². The molecule has 1 aromatic carbocycles. The number of benzene rings is 1. The summed E-state index contributed by atoms with van der Waals surface area (Å²) in [6.07, 6.45) is 2.02. The van der Waals surface area contributed by atoms with E-state index in [0.29, 0.717) is 5.56 Å². The summed E-state index contributed by atoms with van der Waals surface area (Å²) >= 11 is 6.17. The molecular weight excluding hydrogens is 218 g/mol. The van der Waals surface area contributed by atoms with Crippen LogP contribution in [0.2, 0.25) is 0 Å². The van der Waals surface area contributed by atoms with Crippen molar-refractivity contribution in [3.8, 4) is 0 Å². The van der Waals surface area contributed by atoms with Gasteiger partial charge in [0.25, 0.3) is 0 Å². The Kier molecular flexibility index (Phi) is 4.52. The molecule has 0 amide bonds. The van der Waals surface area contributed by atoms with Crippen molar-refractivity contribution < 1.29 is 8.78 Å². The van der Waals surface area contributed by atoms with Gasteiger partial charge in [0, 0.05) is 0 Å². The van der Waals surface area contributed by atoms with Gasteiger partial charge in [0.1, 0.15) is 0 Å². The van der Waals surface area contributed by atoms with Crippen molar-refractivity contribution in [1.29, 1.82) is 0 Å². The number of rotatable bonds is 4. The lowest BCUT2D eigenvalue weighted by Gasteiger charge is -2.17. The first-order valence-corrected chi connectivity index (χ1v) is 5.59. The molecule has 15 heavy (non-hydrogen) atoms. The van der Waals surface area contributed by atoms with E-state index in [0.717, 1.165) is 18.9 Å². The Balaban J connectivity index is 2.81. The minimum atomic E-state index is -0.832. The van der Waals surface area contributed by atoms with Gasteiger partial charge >= 0.3 is 0 Å². The van der Waals surface area contributed by atoms with Gasteiger partial charge in [-0.1, -0.05) is 26.3 Å². The molecule has 0 saturated carbocycles. The molecule has 0 fully saturated rings. The third-order valence-electron chi connectivity index (χ3n) is 2.51. The quantitative estimate of drug-likeness (QED) is 0.661. The summed E-state index contributed by atoms with van der Waals surface area (Å²) in [6.45, 7) is 4.09. The minimum absolute atomic E-state index is 0.250.